The molecule has 1 saturated heterocycles. The molecule has 216 valence electrons. The van der Waals surface area contributed by atoms with E-state index >= 15 is 0 Å². The first-order chi connectivity index (χ1) is 19.5. The maximum atomic E-state index is 14.1. The van der Waals surface area contributed by atoms with Gasteiger partial charge >= 0.3 is 6.36 Å². The second-order valence-electron chi connectivity index (χ2n) is 10.1. The Kier molecular flexibility index (Phi) is 7.68. The number of carbonyl (C=O) groups is 2. The average molecular weight is 573 g/mol. The first-order valence-corrected chi connectivity index (χ1v) is 12.9. The predicted octanol–water partition coefficient (Wildman–Crippen LogP) is 4.03. The number of rotatable bonds is 7. The molecule has 0 unspecified atom stereocenters. The molecule has 1 aromatic heterocycles. The Bertz CT molecular complexity index is 1440. The van der Waals surface area contributed by atoms with Gasteiger partial charge in [0.15, 0.2) is 5.75 Å². The molecule has 13 heteroatoms. The highest BCUT2D eigenvalue weighted by molar-refractivity contribution is 6.07. The molecule has 0 spiro atoms. The zero-order valence-electron chi connectivity index (χ0n) is 22.1. The number of aromatic nitrogens is 1. The van der Waals surface area contributed by atoms with Gasteiger partial charge in [0, 0.05) is 37.3 Å². The van der Waals surface area contributed by atoms with Crippen molar-refractivity contribution in [1.82, 2.24) is 14.8 Å². The number of halogens is 4. The first kappa shape index (κ1) is 28.5. The fourth-order valence-electron chi connectivity index (χ4n) is 4.91. The van der Waals surface area contributed by atoms with Crippen LogP contribution in [0, 0.1) is 5.82 Å². The lowest BCUT2D eigenvalue weighted by atomic mass is 10.1. The van der Waals surface area contributed by atoms with Gasteiger partial charge < -0.3 is 15.0 Å². The van der Waals surface area contributed by atoms with Crippen LogP contribution in [0.15, 0.2) is 60.8 Å². The lowest BCUT2D eigenvalue weighted by Crippen LogP contribution is -2.58. The molecule has 2 fully saturated rings. The summed E-state index contributed by atoms with van der Waals surface area (Å²) in [5.74, 6) is 3.73. The van der Waals surface area contributed by atoms with Gasteiger partial charge in [-0.2, -0.15) is 0 Å². The van der Waals surface area contributed by atoms with E-state index in [2.05, 4.69) is 19.9 Å². The van der Waals surface area contributed by atoms with Gasteiger partial charge in [-0.15, -0.1) is 13.2 Å². The molecular formula is C28H28F4N6O3. The van der Waals surface area contributed by atoms with Crippen molar-refractivity contribution in [3.05, 3.63) is 72.2 Å². The molecule has 1 saturated carbocycles. The number of anilines is 2. The van der Waals surface area contributed by atoms with Crippen LogP contribution in [0.2, 0.25) is 0 Å². The molecule has 0 atom stereocenters. The standard InChI is InChI=1S/C28H28F4N6O3/c1-36-12-14-37(15-13-36)27(10-11-27)26(40)38(33)23-16-18(6-9-24(23)41-28(30,31)32)25(39)35-19-7-8-22(34-17-19)20-4-2-3-5-21(20)29/h2-9,16-17H,10-15,33H2,1H3,(H,35,39). The summed E-state index contributed by atoms with van der Waals surface area (Å²) in [7, 11) is 1.97. The quantitative estimate of drug-likeness (QED) is 0.191. The van der Waals surface area contributed by atoms with Crippen molar-refractivity contribution in [3.63, 3.8) is 0 Å². The Labute approximate surface area is 233 Å². The summed E-state index contributed by atoms with van der Waals surface area (Å²) in [4.78, 5) is 34.9. The van der Waals surface area contributed by atoms with Crippen LogP contribution in [0.1, 0.15) is 23.2 Å². The topological polar surface area (TPSA) is 104 Å². The molecule has 1 aliphatic carbocycles. The summed E-state index contributed by atoms with van der Waals surface area (Å²) in [6, 6.07) is 12.3. The first-order valence-electron chi connectivity index (χ1n) is 12.9. The molecule has 1 aliphatic heterocycles. The lowest BCUT2D eigenvalue weighted by molar-refractivity contribution is -0.274. The highest BCUT2D eigenvalue weighted by atomic mass is 19.4. The number of amides is 2. The van der Waals surface area contributed by atoms with Crippen molar-refractivity contribution in [2.75, 3.05) is 43.6 Å². The van der Waals surface area contributed by atoms with Crippen molar-refractivity contribution >= 4 is 23.2 Å². The maximum absolute atomic E-state index is 14.1. The highest BCUT2D eigenvalue weighted by Crippen LogP contribution is 2.45. The van der Waals surface area contributed by atoms with E-state index in [-0.39, 0.29) is 16.8 Å². The number of hydrazine groups is 1. The molecule has 2 heterocycles. The molecular weight excluding hydrogens is 544 g/mol. The second kappa shape index (κ2) is 11.1. The number of benzene rings is 2. The fraction of sp³-hybridized carbons (Fsp3) is 0.321. The lowest BCUT2D eigenvalue weighted by Gasteiger charge is -2.39. The van der Waals surface area contributed by atoms with Crippen LogP contribution in [-0.4, -0.2) is 71.7 Å². The van der Waals surface area contributed by atoms with Gasteiger partial charge in [0.05, 0.1) is 17.6 Å². The minimum Gasteiger partial charge on any atom is -0.403 e. The van der Waals surface area contributed by atoms with E-state index in [1.54, 1.807) is 18.2 Å². The molecule has 9 nitrogen and oxygen atoms in total. The minimum atomic E-state index is -5.05. The Hall–Kier alpha value is -4.07. The van der Waals surface area contributed by atoms with E-state index in [1.165, 1.54) is 24.4 Å². The summed E-state index contributed by atoms with van der Waals surface area (Å²) in [5, 5.41) is 3.24. The van der Waals surface area contributed by atoms with Crippen LogP contribution >= 0.6 is 0 Å². The Morgan fingerprint density at radius 3 is 2.37 bits per heavy atom. The number of alkyl halides is 3. The summed E-state index contributed by atoms with van der Waals surface area (Å²) >= 11 is 0. The zero-order chi connectivity index (χ0) is 29.4. The van der Waals surface area contributed by atoms with Crippen LogP contribution in [-0.2, 0) is 4.79 Å². The van der Waals surface area contributed by atoms with Crippen molar-refractivity contribution in [3.8, 4) is 17.0 Å². The molecule has 3 N–H and O–H groups in total. The fourth-order valence-corrected chi connectivity index (χ4v) is 4.91. The Morgan fingerprint density at radius 2 is 1.76 bits per heavy atom. The average Bonchev–Trinajstić information content (AvgIpc) is 3.75. The van der Waals surface area contributed by atoms with Gasteiger partial charge in [-0.1, -0.05) is 12.1 Å². The monoisotopic (exact) mass is 572 g/mol. The van der Waals surface area contributed by atoms with Crippen LogP contribution < -0.4 is 20.9 Å². The third-order valence-electron chi connectivity index (χ3n) is 7.33. The summed E-state index contributed by atoms with van der Waals surface area (Å²) in [5.41, 5.74) is -0.472. The number of nitrogens with two attached hydrogens (primary N) is 1. The second-order valence-corrected chi connectivity index (χ2v) is 10.1. The van der Waals surface area contributed by atoms with Crippen LogP contribution in [0.25, 0.3) is 11.3 Å². The van der Waals surface area contributed by atoms with Crippen LogP contribution in [0.4, 0.5) is 28.9 Å². The normalized spacial score (nSPS) is 17.1. The Morgan fingerprint density at radius 1 is 1.05 bits per heavy atom. The smallest absolute Gasteiger partial charge is 0.403 e. The molecule has 0 radical (unpaired) electrons. The molecule has 2 amide bonds. The van der Waals surface area contributed by atoms with E-state index in [1.807, 2.05) is 11.9 Å². The molecule has 41 heavy (non-hydrogen) atoms. The number of nitrogens with one attached hydrogen (secondary N) is 1. The number of likely N-dealkylation sites (N-methyl/N-ethyl adjacent to an activating group) is 1. The van der Waals surface area contributed by atoms with E-state index < -0.39 is 41.0 Å². The largest absolute Gasteiger partial charge is 0.573 e. The highest BCUT2D eigenvalue weighted by Gasteiger charge is 2.56. The SMILES string of the molecule is CN1CCN(C2(C(=O)N(N)c3cc(C(=O)Nc4ccc(-c5ccccc5F)nc4)ccc3OC(F)(F)F)CC2)CC1. The van der Waals surface area contributed by atoms with Gasteiger partial charge in [-0.3, -0.25) is 19.5 Å². The number of hydrogen-bond donors (Lipinski definition) is 2. The summed E-state index contributed by atoms with van der Waals surface area (Å²) in [6.07, 6.45) is -2.68. The molecule has 2 aliphatic rings. The molecule has 5 rings (SSSR count). The number of nitrogens with zero attached hydrogens (tertiary/aromatic N) is 4. The van der Waals surface area contributed by atoms with Gasteiger partial charge in [0.2, 0.25) is 0 Å². The van der Waals surface area contributed by atoms with Gasteiger partial charge in [0.25, 0.3) is 11.8 Å². The summed E-state index contributed by atoms with van der Waals surface area (Å²) in [6.45, 7) is 2.73. The van der Waals surface area contributed by atoms with Gasteiger partial charge in [-0.05, 0) is 62.4 Å². The van der Waals surface area contributed by atoms with Crippen molar-refractivity contribution in [2.24, 2.45) is 5.84 Å². The third kappa shape index (κ3) is 6.16. The van der Waals surface area contributed by atoms with Crippen molar-refractivity contribution in [1.29, 1.82) is 0 Å². The van der Waals surface area contributed by atoms with E-state index in [9.17, 15) is 27.2 Å². The third-order valence-corrected chi connectivity index (χ3v) is 7.33. The van der Waals surface area contributed by atoms with E-state index in [0.717, 1.165) is 31.3 Å². The van der Waals surface area contributed by atoms with Gasteiger partial charge in [-0.25, -0.2) is 15.2 Å². The predicted molar refractivity (Wildman–Crippen MR) is 143 cm³/mol. The Balaban J connectivity index is 1.37. The minimum absolute atomic E-state index is 0.0691. The number of ether oxygens (including phenoxy) is 1. The molecule has 3 aromatic rings. The molecule has 0 bridgehead atoms. The van der Waals surface area contributed by atoms with Crippen LogP contribution in [0.5, 0.6) is 5.75 Å². The number of piperazine rings is 1. The number of pyridine rings is 1. The van der Waals surface area contributed by atoms with Crippen molar-refractivity contribution < 1.29 is 31.9 Å². The zero-order valence-corrected chi connectivity index (χ0v) is 22.1. The van der Waals surface area contributed by atoms with Crippen molar-refractivity contribution in [2.45, 2.75) is 24.7 Å². The van der Waals surface area contributed by atoms with Crippen LogP contribution in [0.3, 0.4) is 0 Å². The molecule has 2 aromatic carbocycles. The maximum Gasteiger partial charge on any atom is 0.573 e. The number of hydrogen-bond acceptors (Lipinski definition) is 7. The van der Waals surface area contributed by atoms with E-state index in [0.29, 0.717) is 36.6 Å². The van der Waals surface area contributed by atoms with E-state index in [4.69, 9.17) is 5.84 Å². The summed E-state index contributed by atoms with van der Waals surface area (Å²) < 4.78 is 57.8. The number of carbonyl (C=O) groups excluding carboxylic acids is 2. The van der Waals surface area contributed by atoms with Gasteiger partial charge in [0.1, 0.15) is 17.0 Å².